The van der Waals surface area contributed by atoms with Gasteiger partial charge in [-0.05, 0) is 68.3 Å². The zero-order chi connectivity index (χ0) is 17.0. The second-order valence-corrected chi connectivity index (χ2v) is 6.21. The maximum atomic E-state index is 5.97. The quantitative estimate of drug-likeness (QED) is 0.495. The van der Waals surface area contributed by atoms with Gasteiger partial charge in [-0.15, -0.1) is 12.4 Å². The Morgan fingerprint density at radius 1 is 1.04 bits per heavy atom. The molecule has 0 N–H and O–H groups in total. The molecule has 0 fully saturated rings. The van der Waals surface area contributed by atoms with E-state index in [-0.39, 0.29) is 12.4 Å². The van der Waals surface area contributed by atoms with Crippen LogP contribution in [-0.4, -0.2) is 31.9 Å². The van der Waals surface area contributed by atoms with Crippen molar-refractivity contribution in [1.82, 2.24) is 4.90 Å². The van der Waals surface area contributed by atoms with Gasteiger partial charge in [0, 0.05) is 37.0 Å². The first kappa shape index (κ1) is 20.3. The van der Waals surface area contributed by atoms with Gasteiger partial charge in [-0.3, -0.25) is 0 Å². The summed E-state index contributed by atoms with van der Waals surface area (Å²) in [6.45, 7) is 7.26. The summed E-state index contributed by atoms with van der Waals surface area (Å²) < 4.78 is 0. The molecule has 2 aromatic carbocycles. The van der Waals surface area contributed by atoms with Gasteiger partial charge in [0.05, 0.1) is 12.0 Å². The van der Waals surface area contributed by atoms with Crippen LogP contribution in [0, 0.1) is 13.8 Å². The Hall–Kier alpha value is -1.71. The number of anilines is 2. The predicted molar refractivity (Wildman–Crippen MR) is 109 cm³/mol. The molecule has 2 rings (SSSR count). The van der Waals surface area contributed by atoms with Crippen LogP contribution in [0.3, 0.4) is 0 Å². The number of hydrogen-bond donors (Lipinski definition) is 0. The molecule has 24 heavy (non-hydrogen) atoms. The molecule has 0 aliphatic rings. The first-order valence-electron chi connectivity index (χ1n) is 7.77. The Kier molecular flexibility index (Phi) is 7.59. The van der Waals surface area contributed by atoms with Crippen molar-refractivity contribution in [3.63, 3.8) is 0 Å². The highest BCUT2D eigenvalue weighted by molar-refractivity contribution is 6.30. The van der Waals surface area contributed by atoms with Crippen LogP contribution in [0.2, 0.25) is 5.02 Å². The summed E-state index contributed by atoms with van der Waals surface area (Å²) >= 11 is 5.97. The molecule has 0 bridgehead atoms. The summed E-state index contributed by atoms with van der Waals surface area (Å²) in [5.74, 6) is 0. The highest BCUT2D eigenvalue weighted by Crippen LogP contribution is 2.32. The molecular formula is C19H25Cl2N3. The average molecular weight is 366 g/mol. The summed E-state index contributed by atoms with van der Waals surface area (Å²) in [7, 11) is 4.09. The van der Waals surface area contributed by atoms with Gasteiger partial charge in [0.2, 0.25) is 0 Å². The Bertz CT molecular complexity index is 697. The number of nitrogens with zero attached hydrogens (tertiary/aromatic N) is 3. The number of hydrogen-bond acceptors (Lipinski definition) is 2. The number of rotatable bonds is 5. The van der Waals surface area contributed by atoms with Crippen LogP contribution in [0.1, 0.15) is 18.1 Å². The van der Waals surface area contributed by atoms with Gasteiger partial charge in [0.1, 0.15) is 0 Å². The van der Waals surface area contributed by atoms with Crippen molar-refractivity contribution in [1.29, 1.82) is 0 Å². The highest BCUT2D eigenvalue weighted by atomic mass is 35.5. The van der Waals surface area contributed by atoms with Gasteiger partial charge in [0.25, 0.3) is 0 Å². The number of aliphatic imine (C=N–C) groups is 1. The van der Waals surface area contributed by atoms with E-state index in [1.807, 2.05) is 37.7 Å². The molecule has 0 aliphatic heterocycles. The molecule has 0 amide bonds. The van der Waals surface area contributed by atoms with Crippen LogP contribution in [0.25, 0.3) is 0 Å². The first-order chi connectivity index (χ1) is 10.9. The van der Waals surface area contributed by atoms with Crippen molar-refractivity contribution in [3.05, 3.63) is 52.5 Å². The van der Waals surface area contributed by atoms with Crippen LogP contribution in [0.15, 0.2) is 41.4 Å². The molecule has 0 aliphatic carbocycles. The van der Waals surface area contributed by atoms with Gasteiger partial charge in [-0.25, -0.2) is 4.99 Å². The second kappa shape index (κ2) is 8.95. The van der Waals surface area contributed by atoms with Crippen molar-refractivity contribution in [3.8, 4) is 0 Å². The van der Waals surface area contributed by atoms with E-state index >= 15 is 0 Å². The fourth-order valence-corrected chi connectivity index (χ4v) is 2.46. The molecule has 0 saturated heterocycles. The normalized spacial score (nSPS) is 10.6. The van der Waals surface area contributed by atoms with E-state index in [1.165, 1.54) is 11.3 Å². The monoisotopic (exact) mass is 365 g/mol. The van der Waals surface area contributed by atoms with Gasteiger partial charge in [0.15, 0.2) is 0 Å². The van der Waals surface area contributed by atoms with Crippen LogP contribution in [-0.2, 0) is 0 Å². The molecule has 0 unspecified atom stereocenters. The smallest absolute Gasteiger partial charge is 0.0909 e. The maximum absolute atomic E-state index is 5.97. The van der Waals surface area contributed by atoms with E-state index in [1.54, 1.807) is 0 Å². The number of aryl methyl sites for hydroxylation is 2. The lowest BCUT2D eigenvalue weighted by Crippen LogP contribution is -2.14. The molecule has 0 atom stereocenters. The molecule has 5 heteroatoms. The third-order valence-electron chi connectivity index (χ3n) is 3.98. The Balaban J connectivity index is 0.00000288. The Morgan fingerprint density at radius 2 is 1.67 bits per heavy atom. The maximum Gasteiger partial charge on any atom is 0.0909 e. The zero-order valence-corrected chi connectivity index (χ0v) is 16.4. The fraction of sp³-hybridized carbons (Fsp3) is 0.316. The van der Waals surface area contributed by atoms with E-state index in [0.29, 0.717) is 0 Å². The minimum atomic E-state index is 0. The summed E-state index contributed by atoms with van der Waals surface area (Å²) in [6.07, 6.45) is 1.88. The molecule has 2 aromatic rings. The van der Waals surface area contributed by atoms with Gasteiger partial charge in [-0.2, -0.15) is 0 Å². The third-order valence-corrected chi connectivity index (χ3v) is 4.23. The van der Waals surface area contributed by atoms with Crippen molar-refractivity contribution in [2.45, 2.75) is 20.8 Å². The van der Waals surface area contributed by atoms with Crippen molar-refractivity contribution < 1.29 is 0 Å². The molecule has 0 spiro atoms. The van der Waals surface area contributed by atoms with Crippen LogP contribution < -0.4 is 4.90 Å². The minimum absolute atomic E-state index is 0. The topological polar surface area (TPSA) is 18.8 Å². The summed E-state index contributed by atoms with van der Waals surface area (Å²) in [4.78, 5) is 8.82. The lowest BCUT2D eigenvalue weighted by Gasteiger charge is -2.23. The van der Waals surface area contributed by atoms with E-state index < -0.39 is 0 Å². The van der Waals surface area contributed by atoms with Crippen molar-refractivity contribution in [2.24, 2.45) is 4.99 Å². The molecule has 0 aromatic heterocycles. The first-order valence-corrected chi connectivity index (χ1v) is 8.15. The van der Waals surface area contributed by atoms with E-state index in [9.17, 15) is 0 Å². The zero-order valence-electron chi connectivity index (χ0n) is 14.9. The fourth-order valence-electron chi connectivity index (χ4n) is 2.33. The van der Waals surface area contributed by atoms with Crippen molar-refractivity contribution >= 4 is 47.4 Å². The average Bonchev–Trinajstić information content (AvgIpc) is 2.55. The standard InChI is InChI=1S/C19H24ClN3.ClH/c1-6-22(4)13-21-18-11-15(3)19(12-14(18)2)23(5)17-9-7-16(20)8-10-17;/h7-13H,6H2,1-5H3;1H. The molecule has 0 heterocycles. The molecule has 0 saturated carbocycles. The summed E-state index contributed by atoms with van der Waals surface area (Å²) in [6, 6.07) is 12.2. The Morgan fingerprint density at radius 3 is 2.25 bits per heavy atom. The van der Waals surface area contributed by atoms with E-state index in [0.717, 1.165) is 28.5 Å². The summed E-state index contributed by atoms with van der Waals surface area (Å²) in [5, 5.41) is 0.750. The van der Waals surface area contributed by atoms with Gasteiger partial charge >= 0.3 is 0 Å². The minimum Gasteiger partial charge on any atom is -0.366 e. The largest absolute Gasteiger partial charge is 0.366 e. The predicted octanol–water partition coefficient (Wildman–Crippen LogP) is 5.76. The van der Waals surface area contributed by atoms with Crippen LogP contribution in [0.4, 0.5) is 17.1 Å². The third kappa shape index (κ3) is 4.89. The molecule has 130 valence electrons. The lowest BCUT2D eigenvalue weighted by molar-refractivity contribution is 0.552. The van der Waals surface area contributed by atoms with Gasteiger partial charge in [-0.1, -0.05) is 11.6 Å². The van der Waals surface area contributed by atoms with Crippen molar-refractivity contribution in [2.75, 3.05) is 25.5 Å². The van der Waals surface area contributed by atoms with E-state index in [2.05, 4.69) is 54.7 Å². The molecule has 0 radical (unpaired) electrons. The number of halogens is 2. The highest BCUT2D eigenvalue weighted by Gasteiger charge is 2.10. The van der Waals surface area contributed by atoms with Crippen LogP contribution >= 0.6 is 24.0 Å². The second-order valence-electron chi connectivity index (χ2n) is 5.78. The summed E-state index contributed by atoms with van der Waals surface area (Å²) in [5.41, 5.74) is 5.65. The van der Waals surface area contributed by atoms with Gasteiger partial charge < -0.3 is 9.80 Å². The molecular weight excluding hydrogens is 341 g/mol. The number of benzene rings is 2. The molecule has 3 nitrogen and oxygen atoms in total. The SMILES string of the molecule is CCN(C)C=Nc1cc(C)c(N(C)c2ccc(Cl)cc2)cc1C.Cl. The van der Waals surface area contributed by atoms with Crippen LogP contribution in [0.5, 0.6) is 0 Å². The Labute approximate surface area is 156 Å². The van der Waals surface area contributed by atoms with E-state index in [4.69, 9.17) is 11.6 Å². The lowest BCUT2D eigenvalue weighted by atomic mass is 10.1.